The zero-order valence-electron chi connectivity index (χ0n) is 7.60. The maximum Gasteiger partial charge on any atom is 0.131 e. The molecule has 68 valence electrons. The Kier molecular flexibility index (Phi) is 1.58. The fourth-order valence-corrected chi connectivity index (χ4v) is 1.21. The largest absolute Gasteiger partial charge is 0.383 e. The fourth-order valence-electron chi connectivity index (χ4n) is 1.21. The molecule has 0 radical (unpaired) electrons. The molecular weight excluding hydrogens is 166 g/mol. The predicted octanol–water partition coefficient (Wildman–Crippen LogP) is 0.403. The summed E-state index contributed by atoms with van der Waals surface area (Å²) in [6.07, 6.45) is 5.33. The molecule has 0 amide bonds. The van der Waals surface area contributed by atoms with E-state index in [1.165, 1.54) is 0 Å². The van der Waals surface area contributed by atoms with E-state index in [4.69, 9.17) is 5.73 Å². The number of nitrogens with zero attached hydrogens (tertiary/aromatic N) is 4. The van der Waals surface area contributed by atoms with Crippen LogP contribution in [0.25, 0.3) is 11.3 Å². The van der Waals surface area contributed by atoms with E-state index in [0.717, 1.165) is 11.3 Å². The summed E-state index contributed by atoms with van der Waals surface area (Å²) >= 11 is 0. The zero-order valence-corrected chi connectivity index (χ0v) is 7.60. The third-order valence-corrected chi connectivity index (χ3v) is 1.96. The Balaban J connectivity index is 2.52. The van der Waals surface area contributed by atoms with Crippen molar-refractivity contribution < 1.29 is 0 Å². The van der Waals surface area contributed by atoms with Crippen molar-refractivity contribution in [1.29, 1.82) is 0 Å². The Labute approximate surface area is 75.8 Å². The van der Waals surface area contributed by atoms with Crippen molar-refractivity contribution in [3.05, 3.63) is 18.7 Å². The van der Waals surface area contributed by atoms with Gasteiger partial charge in [0.25, 0.3) is 0 Å². The van der Waals surface area contributed by atoms with Gasteiger partial charge in [-0.05, 0) is 0 Å². The average molecular weight is 177 g/mol. The van der Waals surface area contributed by atoms with Gasteiger partial charge in [-0.1, -0.05) is 0 Å². The standard InChI is InChI=1S/C8H11N5/c1-12-5-10-7(8(12)9)6-3-11-13(2)4-6/h3-5H,9H2,1-2H3. The predicted molar refractivity (Wildman–Crippen MR) is 49.8 cm³/mol. The summed E-state index contributed by atoms with van der Waals surface area (Å²) in [7, 11) is 3.73. The first-order valence-electron chi connectivity index (χ1n) is 3.94. The highest BCUT2D eigenvalue weighted by atomic mass is 15.2. The van der Waals surface area contributed by atoms with E-state index in [0.29, 0.717) is 5.82 Å². The maximum atomic E-state index is 5.81. The van der Waals surface area contributed by atoms with E-state index in [1.807, 2.05) is 20.3 Å². The van der Waals surface area contributed by atoms with E-state index in [2.05, 4.69) is 10.1 Å². The summed E-state index contributed by atoms with van der Waals surface area (Å²) in [6, 6.07) is 0. The minimum atomic E-state index is 0.660. The molecule has 5 heteroatoms. The molecule has 0 unspecified atom stereocenters. The van der Waals surface area contributed by atoms with Gasteiger partial charge in [0, 0.05) is 25.9 Å². The van der Waals surface area contributed by atoms with Crippen LogP contribution < -0.4 is 5.73 Å². The van der Waals surface area contributed by atoms with Gasteiger partial charge in [-0.2, -0.15) is 5.10 Å². The summed E-state index contributed by atoms with van der Waals surface area (Å²) in [5.41, 5.74) is 7.54. The number of rotatable bonds is 1. The van der Waals surface area contributed by atoms with Gasteiger partial charge in [-0.25, -0.2) is 4.98 Å². The molecule has 2 N–H and O–H groups in total. The summed E-state index contributed by atoms with van der Waals surface area (Å²) in [6.45, 7) is 0. The first-order valence-corrected chi connectivity index (χ1v) is 3.94. The topological polar surface area (TPSA) is 61.7 Å². The lowest BCUT2D eigenvalue weighted by molar-refractivity contribution is 0.768. The molecule has 13 heavy (non-hydrogen) atoms. The Morgan fingerprint density at radius 1 is 1.38 bits per heavy atom. The molecule has 0 aromatic carbocycles. The van der Waals surface area contributed by atoms with Gasteiger partial charge in [0.15, 0.2) is 0 Å². The molecule has 0 bridgehead atoms. The maximum absolute atomic E-state index is 5.81. The van der Waals surface area contributed by atoms with E-state index in [-0.39, 0.29) is 0 Å². The number of hydrogen-bond donors (Lipinski definition) is 1. The third-order valence-electron chi connectivity index (χ3n) is 1.96. The molecule has 0 fully saturated rings. The quantitative estimate of drug-likeness (QED) is 0.686. The molecule has 0 aliphatic carbocycles. The Morgan fingerprint density at radius 2 is 2.15 bits per heavy atom. The van der Waals surface area contributed by atoms with Crippen molar-refractivity contribution >= 4 is 5.82 Å². The number of hydrogen-bond acceptors (Lipinski definition) is 3. The van der Waals surface area contributed by atoms with Crippen LogP contribution in [0.4, 0.5) is 5.82 Å². The Hall–Kier alpha value is -1.78. The lowest BCUT2D eigenvalue weighted by Gasteiger charge is -1.95. The summed E-state index contributed by atoms with van der Waals surface area (Å²) in [5, 5.41) is 4.06. The van der Waals surface area contributed by atoms with Gasteiger partial charge in [0.05, 0.1) is 12.5 Å². The number of nitrogen functional groups attached to an aromatic ring is 1. The van der Waals surface area contributed by atoms with Crippen molar-refractivity contribution in [2.45, 2.75) is 0 Å². The summed E-state index contributed by atoms with van der Waals surface area (Å²) in [4.78, 5) is 4.18. The molecule has 0 saturated carbocycles. The number of nitrogens with two attached hydrogens (primary N) is 1. The van der Waals surface area contributed by atoms with E-state index in [1.54, 1.807) is 21.8 Å². The van der Waals surface area contributed by atoms with Crippen LogP contribution in [-0.4, -0.2) is 19.3 Å². The van der Waals surface area contributed by atoms with Crippen LogP contribution in [0.15, 0.2) is 18.7 Å². The van der Waals surface area contributed by atoms with Gasteiger partial charge in [-0.3, -0.25) is 4.68 Å². The Morgan fingerprint density at radius 3 is 2.62 bits per heavy atom. The summed E-state index contributed by atoms with van der Waals surface area (Å²) < 4.78 is 3.51. The van der Waals surface area contributed by atoms with Crippen LogP contribution in [0.1, 0.15) is 0 Å². The number of anilines is 1. The monoisotopic (exact) mass is 177 g/mol. The molecule has 2 rings (SSSR count). The normalized spacial score (nSPS) is 10.6. The molecule has 0 aliphatic heterocycles. The first-order chi connectivity index (χ1) is 6.18. The molecule has 0 atom stereocenters. The fraction of sp³-hybridized carbons (Fsp3) is 0.250. The zero-order chi connectivity index (χ0) is 9.42. The van der Waals surface area contributed by atoms with Crippen molar-refractivity contribution in [3.8, 4) is 11.3 Å². The number of aromatic nitrogens is 4. The van der Waals surface area contributed by atoms with Crippen molar-refractivity contribution in [1.82, 2.24) is 19.3 Å². The van der Waals surface area contributed by atoms with Crippen LogP contribution in [0, 0.1) is 0 Å². The van der Waals surface area contributed by atoms with Gasteiger partial charge in [0.2, 0.25) is 0 Å². The highest BCUT2D eigenvalue weighted by Gasteiger charge is 2.08. The molecule has 2 heterocycles. The SMILES string of the molecule is Cn1cc(-c2ncn(C)c2N)cn1. The summed E-state index contributed by atoms with van der Waals surface area (Å²) in [5.74, 6) is 0.660. The van der Waals surface area contributed by atoms with Crippen LogP contribution in [0.2, 0.25) is 0 Å². The first kappa shape index (κ1) is 7.85. The van der Waals surface area contributed by atoms with Crippen LogP contribution in [0.5, 0.6) is 0 Å². The highest BCUT2D eigenvalue weighted by molar-refractivity contribution is 5.68. The van der Waals surface area contributed by atoms with E-state index in [9.17, 15) is 0 Å². The molecule has 2 aromatic heterocycles. The van der Waals surface area contributed by atoms with Gasteiger partial charge < -0.3 is 10.3 Å². The molecule has 2 aromatic rings. The van der Waals surface area contributed by atoms with Crippen molar-refractivity contribution in [2.24, 2.45) is 14.1 Å². The van der Waals surface area contributed by atoms with Crippen LogP contribution >= 0.6 is 0 Å². The molecular formula is C8H11N5. The van der Waals surface area contributed by atoms with Crippen LogP contribution in [0.3, 0.4) is 0 Å². The van der Waals surface area contributed by atoms with Crippen molar-refractivity contribution in [2.75, 3.05) is 5.73 Å². The van der Waals surface area contributed by atoms with Crippen LogP contribution in [-0.2, 0) is 14.1 Å². The minimum Gasteiger partial charge on any atom is -0.383 e. The molecule has 5 nitrogen and oxygen atoms in total. The third kappa shape index (κ3) is 1.18. The number of imidazole rings is 1. The lowest BCUT2D eigenvalue weighted by Crippen LogP contribution is -1.95. The average Bonchev–Trinajstić information content (AvgIpc) is 2.62. The number of aryl methyl sites for hydroxylation is 2. The molecule has 0 aliphatic rings. The minimum absolute atomic E-state index is 0.660. The van der Waals surface area contributed by atoms with Gasteiger partial charge in [-0.15, -0.1) is 0 Å². The van der Waals surface area contributed by atoms with Gasteiger partial charge >= 0.3 is 0 Å². The second kappa shape index (κ2) is 2.62. The molecule has 0 saturated heterocycles. The molecule has 0 spiro atoms. The smallest absolute Gasteiger partial charge is 0.131 e. The second-order valence-corrected chi connectivity index (χ2v) is 2.99. The van der Waals surface area contributed by atoms with Crippen molar-refractivity contribution in [3.63, 3.8) is 0 Å². The highest BCUT2D eigenvalue weighted by Crippen LogP contribution is 2.22. The Bertz CT molecular complexity index is 425. The van der Waals surface area contributed by atoms with Gasteiger partial charge in [0.1, 0.15) is 11.5 Å². The second-order valence-electron chi connectivity index (χ2n) is 2.99. The lowest BCUT2D eigenvalue weighted by atomic mass is 10.2. The van der Waals surface area contributed by atoms with E-state index >= 15 is 0 Å². The van der Waals surface area contributed by atoms with E-state index < -0.39 is 0 Å².